The highest BCUT2D eigenvalue weighted by atomic mass is 32.2. The van der Waals surface area contributed by atoms with Crippen molar-refractivity contribution < 1.29 is 12.8 Å². The summed E-state index contributed by atoms with van der Waals surface area (Å²) < 4.78 is 36.9. The van der Waals surface area contributed by atoms with E-state index < -0.39 is 15.9 Å². The summed E-state index contributed by atoms with van der Waals surface area (Å²) >= 11 is 0. The molecule has 0 radical (unpaired) electrons. The summed E-state index contributed by atoms with van der Waals surface area (Å²) in [5, 5.41) is 3.04. The second-order valence-electron chi connectivity index (χ2n) is 4.68. The molecule has 0 saturated heterocycles. The third-order valence-electron chi connectivity index (χ3n) is 2.75. The average Bonchev–Trinajstić information content (AvgIpc) is 2.13. The van der Waals surface area contributed by atoms with E-state index in [0.29, 0.717) is 12.1 Å². The van der Waals surface area contributed by atoms with Crippen molar-refractivity contribution in [2.45, 2.75) is 26.8 Å². The van der Waals surface area contributed by atoms with Crippen LogP contribution in [0.3, 0.4) is 0 Å². The smallest absolute Gasteiger partial charge is 0.149 e. The van der Waals surface area contributed by atoms with Gasteiger partial charge in [-0.1, -0.05) is 13.0 Å². The molecule has 1 N–H and O–H groups in total. The quantitative estimate of drug-likeness (QED) is 0.894. The molecular weight excluding hydrogens is 253 g/mol. The Bertz CT molecular complexity index is 503. The minimum absolute atomic E-state index is 0.0956. The fraction of sp³-hybridized carbons (Fsp3) is 0.538. The molecule has 3 nitrogen and oxygen atoms in total. The van der Waals surface area contributed by atoms with Gasteiger partial charge in [0.2, 0.25) is 0 Å². The third kappa shape index (κ3) is 4.07. The molecule has 1 aromatic rings. The molecule has 5 heteroatoms. The predicted molar refractivity (Wildman–Crippen MR) is 72.0 cm³/mol. The van der Waals surface area contributed by atoms with Gasteiger partial charge >= 0.3 is 0 Å². The van der Waals surface area contributed by atoms with Crippen LogP contribution in [-0.2, 0) is 9.84 Å². The maximum absolute atomic E-state index is 14.0. The van der Waals surface area contributed by atoms with Gasteiger partial charge in [0.05, 0.1) is 5.75 Å². The number of hydrogen-bond donors (Lipinski definition) is 1. The van der Waals surface area contributed by atoms with E-state index in [1.54, 1.807) is 6.92 Å². The highest BCUT2D eigenvalue weighted by molar-refractivity contribution is 7.90. The van der Waals surface area contributed by atoms with E-state index in [9.17, 15) is 12.8 Å². The number of sulfone groups is 1. The zero-order valence-corrected chi connectivity index (χ0v) is 12.1. The van der Waals surface area contributed by atoms with E-state index in [0.717, 1.165) is 11.1 Å². The van der Waals surface area contributed by atoms with Crippen LogP contribution in [-0.4, -0.2) is 27.0 Å². The number of hydrogen-bond acceptors (Lipinski definition) is 3. The first-order valence-electron chi connectivity index (χ1n) is 5.92. The average molecular weight is 273 g/mol. The monoisotopic (exact) mass is 273 g/mol. The van der Waals surface area contributed by atoms with Gasteiger partial charge in [-0.25, -0.2) is 12.8 Å². The molecule has 0 bridgehead atoms. The lowest BCUT2D eigenvalue weighted by molar-refractivity contribution is 0.528. The molecule has 0 heterocycles. The van der Waals surface area contributed by atoms with E-state index in [1.165, 1.54) is 12.3 Å². The van der Waals surface area contributed by atoms with Crippen LogP contribution in [0, 0.1) is 19.7 Å². The van der Waals surface area contributed by atoms with E-state index in [2.05, 4.69) is 5.32 Å². The van der Waals surface area contributed by atoms with E-state index in [-0.39, 0.29) is 11.6 Å². The molecule has 0 aliphatic carbocycles. The van der Waals surface area contributed by atoms with Crippen molar-refractivity contribution in [3.63, 3.8) is 0 Å². The first kappa shape index (κ1) is 15.1. The van der Waals surface area contributed by atoms with Crippen molar-refractivity contribution in [2.75, 3.05) is 18.6 Å². The maximum Gasteiger partial charge on any atom is 0.149 e. The van der Waals surface area contributed by atoms with Crippen LogP contribution < -0.4 is 5.32 Å². The Balaban J connectivity index is 3.21. The third-order valence-corrected chi connectivity index (χ3v) is 3.69. The van der Waals surface area contributed by atoms with Gasteiger partial charge in [-0.15, -0.1) is 0 Å². The van der Waals surface area contributed by atoms with Crippen LogP contribution in [0.15, 0.2) is 12.1 Å². The predicted octanol–water partition coefficient (Wildman–Crippen LogP) is 2.14. The van der Waals surface area contributed by atoms with Crippen molar-refractivity contribution in [3.8, 4) is 0 Å². The van der Waals surface area contributed by atoms with Crippen molar-refractivity contribution >= 4 is 9.84 Å². The lowest BCUT2D eigenvalue weighted by atomic mass is 9.99. The van der Waals surface area contributed by atoms with Crippen LogP contribution >= 0.6 is 0 Å². The molecule has 0 aliphatic heterocycles. The summed E-state index contributed by atoms with van der Waals surface area (Å²) in [5.41, 5.74) is 2.07. The van der Waals surface area contributed by atoms with Gasteiger partial charge in [0, 0.05) is 17.9 Å². The summed E-state index contributed by atoms with van der Waals surface area (Å²) in [6.07, 6.45) is 1.17. The second kappa shape index (κ2) is 5.80. The number of nitrogens with one attached hydrogen (secondary N) is 1. The lowest BCUT2D eigenvalue weighted by Gasteiger charge is -2.20. The molecule has 1 aromatic carbocycles. The Morgan fingerprint density at radius 2 is 1.94 bits per heavy atom. The van der Waals surface area contributed by atoms with Crippen LogP contribution in [0.5, 0.6) is 0 Å². The second-order valence-corrected chi connectivity index (χ2v) is 6.86. The van der Waals surface area contributed by atoms with E-state index in [4.69, 9.17) is 0 Å². The van der Waals surface area contributed by atoms with Crippen molar-refractivity contribution in [2.24, 2.45) is 0 Å². The molecule has 0 aromatic heterocycles. The minimum atomic E-state index is -3.17. The molecule has 0 fully saturated rings. The Morgan fingerprint density at radius 1 is 1.33 bits per heavy atom. The van der Waals surface area contributed by atoms with Crippen molar-refractivity contribution in [1.82, 2.24) is 5.32 Å². The number of rotatable bonds is 5. The molecular formula is C13H20FNO2S. The number of aryl methyl sites for hydroxylation is 2. The Hall–Kier alpha value is -0.940. The lowest BCUT2D eigenvalue weighted by Crippen LogP contribution is -2.29. The summed E-state index contributed by atoms with van der Waals surface area (Å²) in [5.74, 6) is -0.441. The largest absolute Gasteiger partial charge is 0.309 e. The molecule has 102 valence electrons. The Kier molecular flexibility index (Phi) is 4.87. The van der Waals surface area contributed by atoms with E-state index >= 15 is 0 Å². The van der Waals surface area contributed by atoms with E-state index in [1.807, 2.05) is 19.9 Å². The standard InChI is InChI=1S/C13H20FNO2S/c1-5-15-12(8-18(4,16)17)13-10(3)6-9(2)7-11(13)14/h6-7,12,15H,5,8H2,1-4H3. The topological polar surface area (TPSA) is 46.2 Å². The van der Waals surface area contributed by atoms with Crippen LogP contribution in [0.4, 0.5) is 4.39 Å². The zero-order chi connectivity index (χ0) is 13.9. The van der Waals surface area contributed by atoms with Crippen LogP contribution in [0.25, 0.3) is 0 Å². The normalized spacial score (nSPS) is 13.6. The molecule has 0 spiro atoms. The highest BCUT2D eigenvalue weighted by Crippen LogP contribution is 2.24. The first-order valence-corrected chi connectivity index (χ1v) is 7.98. The molecule has 0 saturated carbocycles. The van der Waals surface area contributed by atoms with Gasteiger partial charge in [0.1, 0.15) is 15.7 Å². The fourth-order valence-electron chi connectivity index (χ4n) is 2.16. The fourth-order valence-corrected chi connectivity index (χ4v) is 3.05. The SMILES string of the molecule is CCNC(CS(C)(=O)=O)c1c(C)cc(C)cc1F. The first-order chi connectivity index (χ1) is 8.24. The van der Waals surface area contributed by atoms with Gasteiger partial charge in [0.25, 0.3) is 0 Å². The zero-order valence-electron chi connectivity index (χ0n) is 11.2. The van der Waals surface area contributed by atoms with Gasteiger partial charge in [-0.05, 0) is 37.6 Å². The van der Waals surface area contributed by atoms with Gasteiger partial charge < -0.3 is 5.32 Å². The number of halogens is 1. The molecule has 0 aliphatic rings. The van der Waals surface area contributed by atoms with Gasteiger partial charge in [-0.3, -0.25) is 0 Å². The summed E-state index contributed by atoms with van der Waals surface area (Å²) in [6.45, 7) is 6.08. The Labute approximate surface area is 108 Å². The molecule has 1 rings (SSSR count). The summed E-state index contributed by atoms with van der Waals surface area (Å²) in [4.78, 5) is 0. The molecule has 0 amide bonds. The van der Waals surface area contributed by atoms with Crippen LogP contribution in [0.2, 0.25) is 0 Å². The summed E-state index contributed by atoms with van der Waals surface area (Å²) in [7, 11) is -3.17. The van der Waals surface area contributed by atoms with Gasteiger partial charge in [0.15, 0.2) is 0 Å². The molecule has 18 heavy (non-hydrogen) atoms. The Morgan fingerprint density at radius 3 is 2.39 bits per heavy atom. The minimum Gasteiger partial charge on any atom is -0.309 e. The number of benzene rings is 1. The van der Waals surface area contributed by atoms with Crippen molar-refractivity contribution in [1.29, 1.82) is 0 Å². The maximum atomic E-state index is 14.0. The molecule has 1 atom stereocenters. The van der Waals surface area contributed by atoms with Crippen molar-refractivity contribution in [3.05, 3.63) is 34.6 Å². The van der Waals surface area contributed by atoms with Crippen LogP contribution in [0.1, 0.15) is 29.7 Å². The van der Waals surface area contributed by atoms with Gasteiger partial charge in [-0.2, -0.15) is 0 Å². The summed E-state index contributed by atoms with van der Waals surface area (Å²) in [6, 6.07) is 2.81. The molecule has 1 unspecified atom stereocenters. The highest BCUT2D eigenvalue weighted by Gasteiger charge is 2.21.